The molecule has 0 aromatic rings. The van der Waals surface area contributed by atoms with Crippen molar-refractivity contribution < 1.29 is 66.6 Å². The van der Waals surface area contributed by atoms with Crippen LogP contribution in [0.25, 0.3) is 0 Å². The lowest BCUT2D eigenvalue weighted by atomic mass is 9.72. The maximum atomic E-state index is 12.9. The van der Waals surface area contributed by atoms with Crippen LogP contribution in [0.15, 0.2) is 25.3 Å². The van der Waals surface area contributed by atoms with E-state index in [0.717, 1.165) is 63.5 Å². The lowest BCUT2D eigenvalue weighted by Gasteiger charge is -2.38. The van der Waals surface area contributed by atoms with Gasteiger partial charge in [0, 0.05) is 12.2 Å². The maximum absolute atomic E-state index is 12.9. The molecule has 0 bridgehead atoms. The van der Waals surface area contributed by atoms with Crippen molar-refractivity contribution in [3.05, 3.63) is 25.3 Å². The van der Waals surface area contributed by atoms with Gasteiger partial charge in [-0.15, -0.1) is 0 Å². The van der Waals surface area contributed by atoms with Crippen molar-refractivity contribution in [1.82, 2.24) is 0 Å². The molecule has 0 unspecified atom stereocenters. The fraction of sp³-hybridized carbons (Fsp3) is 0.757. The summed E-state index contributed by atoms with van der Waals surface area (Å²) in [6.07, 6.45) is 12.9. The highest BCUT2D eigenvalue weighted by Crippen LogP contribution is 2.40. The molecule has 51 heavy (non-hydrogen) atoms. The minimum atomic E-state index is -0.560. The summed E-state index contributed by atoms with van der Waals surface area (Å²) in [6.45, 7) is 7.32. The first-order valence-corrected chi connectivity index (χ1v) is 18.3. The Bertz CT molecular complexity index is 1080. The van der Waals surface area contributed by atoms with Gasteiger partial charge >= 0.3 is 29.8 Å². The number of hydrogen-bond acceptors (Lipinski definition) is 14. The second kappa shape index (κ2) is 24.8. The molecule has 3 saturated carbocycles. The van der Waals surface area contributed by atoms with Gasteiger partial charge in [-0.3, -0.25) is 14.4 Å². The molecule has 3 rings (SSSR count). The van der Waals surface area contributed by atoms with Crippen LogP contribution in [-0.2, 0) is 66.6 Å². The normalized spacial score (nSPS) is 24.8. The van der Waals surface area contributed by atoms with E-state index >= 15 is 0 Å². The van der Waals surface area contributed by atoms with Gasteiger partial charge in [-0.05, 0) is 88.9 Å². The third-order valence-corrected chi connectivity index (χ3v) is 9.54. The van der Waals surface area contributed by atoms with E-state index in [2.05, 4.69) is 13.2 Å². The molecule has 0 spiro atoms. The highest BCUT2D eigenvalue weighted by molar-refractivity contribution is 5.81. The summed E-state index contributed by atoms with van der Waals surface area (Å²) in [5, 5.41) is 0. The number of carbonyl (C=O) groups is 5. The van der Waals surface area contributed by atoms with E-state index in [4.69, 9.17) is 42.6 Å². The smallest absolute Gasteiger partial charge is 0.330 e. The average Bonchev–Trinajstić information content (AvgIpc) is 3.14. The Balaban J connectivity index is 1.15. The van der Waals surface area contributed by atoms with E-state index in [9.17, 15) is 24.0 Å². The Hall–Kier alpha value is -3.33. The van der Waals surface area contributed by atoms with E-state index in [1.165, 1.54) is 0 Å². The Morgan fingerprint density at radius 1 is 0.490 bits per heavy atom. The number of esters is 5. The van der Waals surface area contributed by atoms with Gasteiger partial charge in [-0.1, -0.05) is 13.2 Å². The van der Waals surface area contributed by atoms with Crippen LogP contribution in [0.4, 0.5) is 0 Å². The Kier molecular flexibility index (Phi) is 20.5. The molecule has 0 N–H and O–H groups in total. The summed E-state index contributed by atoms with van der Waals surface area (Å²) in [5.41, 5.74) is 0. The van der Waals surface area contributed by atoms with Crippen molar-refractivity contribution in [3.8, 4) is 0 Å². The zero-order chi connectivity index (χ0) is 36.7. The summed E-state index contributed by atoms with van der Waals surface area (Å²) < 4.78 is 47.8. The van der Waals surface area contributed by atoms with Crippen LogP contribution < -0.4 is 0 Å². The molecule has 0 aliphatic heterocycles. The van der Waals surface area contributed by atoms with Crippen molar-refractivity contribution >= 4 is 29.8 Å². The number of ether oxygens (including phenoxy) is 9. The lowest BCUT2D eigenvalue weighted by Crippen LogP contribution is -2.34. The minimum absolute atomic E-state index is 0.00690. The first-order chi connectivity index (χ1) is 24.8. The van der Waals surface area contributed by atoms with E-state index in [-0.39, 0.29) is 102 Å². The van der Waals surface area contributed by atoms with Crippen LogP contribution in [0, 0.1) is 17.8 Å². The van der Waals surface area contributed by atoms with Crippen LogP contribution in [0.2, 0.25) is 0 Å². The van der Waals surface area contributed by atoms with Gasteiger partial charge in [0.15, 0.2) is 0 Å². The maximum Gasteiger partial charge on any atom is 0.330 e. The molecular formula is C37H56O14. The summed E-state index contributed by atoms with van der Waals surface area (Å²) in [4.78, 5) is 58.7. The zero-order valence-corrected chi connectivity index (χ0v) is 29.8. The van der Waals surface area contributed by atoms with Crippen molar-refractivity contribution in [1.29, 1.82) is 0 Å². The Morgan fingerprint density at radius 3 is 1.57 bits per heavy atom. The van der Waals surface area contributed by atoms with Crippen molar-refractivity contribution in [2.75, 3.05) is 53.2 Å². The fourth-order valence-corrected chi connectivity index (χ4v) is 6.71. The first-order valence-electron chi connectivity index (χ1n) is 18.3. The number of rotatable bonds is 23. The van der Waals surface area contributed by atoms with E-state index in [1.807, 2.05) is 0 Å². The summed E-state index contributed by atoms with van der Waals surface area (Å²) in [6, 6.07) is 0. The second-order valence-electron chi connectivity index (χ2n) is 13.1. The van der Waals surface area contributed by atoms with Crippen LogP contribution >= 0.6 is 0 Å². The molecule has 3 aliphatic carbocycles. The minimum Gasteiger partial charge on any atom is -0.462 e. The van der Waals surface area contributed by atoms with Crippen LogP contribution in [0.3, 0.4) is 0 Å². The molecule has 0 atom stereocenters. The highest BCUT2D eigenvalue weighted by atomic mass is 16.7. The monoisotopic (exact) mass is 724 g/mol. The molecule has 0 saturated heterocycles. The largest absolute Gasteiger partial charge is 0.462 e. The SMILES string of the molecule is C=CC(=O)OCCOCOCCC(=O)OC1CCC(C(=O)OC2CCC(C3CCC(OCOCCC(=O)OCCOC(=O)C=C)CC3)CC2)CC1. The molecule has 3 fully saturated rings. The summed E-state index contributed by atoms with van der Waals surface area (Å²) >= 11 is 0. The molecule has 0 amide bonds. The predicted molar refractivity (Wildman–Crippen MR) is 181 cm³/mol. The molecule has 288 valence electrons. The number of hydrogen-bond donors (Lipinski definition) is 0. The van der Waals surface area contributed by atoms with E-state index in [1.54, 1.807) is 0 Å². The van der Waals surface area contributed by atoms with Gasteiger partial charge in [-0.25, -0.2) is 9.59 Å². The molecule has 14 nitrogen and oxygen atoms in total. The van der Waals surface area contributed by atoms with Crippen molar-refractivity contribution in [3.63, 3.8) is 0 Å². The summed E-state index contributed by atoms with van der Waals surface area (Å²) in [5.74, 6) is -0.835. The topological polar surface area (TPSA) is 168 Å². The van der Waals surface area contributed by atoms with Crippen LogP contribution in [0.5, 0.6) is 0 Å². The van der Waals surface area contributed by atoms with E-state index < -0.39 is 17.9 Å². The molecule has 0 aromatic carbocycles. The van der Waals surface area contributed by atoms with Gasteiger partial charge in [0.1, 0.15) is 45.6 Å². The second-order valence-corrected chi connectivity index (χ2v) is 13.1. The fourth-order valence-electron chi connectivity index (χ4n) is 6.71. The van der Waals surface area contributed by atoms with Gasteiger partial charge in [0.2, 0.25) is 0 Å². The van der Waals surface area contributed by atoms with Crippen LogP contribution in [0.1, 0.15) is 89.9 Å². The molecule has 0 aromatic heterocycles. The van der Waals surface area contributed by atoms with Crippen molar-refractivity contribution in [2.45, 2.75) is 108 Å². The highest BCUT2D eigenvalue weighted by Gasteiger charge is 2.34. The lowest BCUT2D eigenvalue weighted by molar-refractivity contribution is -0.161. The van der Waals surface area contributed by atoms with E-state index in [0.29, 0.717) is 37.5 Å². The van der Waals surface area contributed by atoms with Crippen LogP contribution in [-0.4, -0.2) is 101 Å². The summed E-state index contributed by atoms with van der Waals surface area (Å²) in [7, 11) is 0. The molecule has 0 radical (unpaired) electrons. The Morgan fingerprint density at radius 2 is 0.961 bits per heavy atom. The molecule has 3 aliphatic rings. The first kappa shape index (κ1) is 42.1. The third kappa shape index (κ3) is 17.6. The average molecular weight is 725 g/mol. The van der Waals surface area contributed by atoms with Crippen molar-refractivity contribution in [2.24, 2.45) is 17.8 Å². The third-order valence-electron chi connectivity index (χ3n) is 9.54. The standard InChI is InChI=1S/C37H56O14/c1-3-33(38)46-22-21-45-25-43-20-18-36(41)50-31-15-9-29(10-16-31)37(42)51-32-13-7-28(8-14-32)27-5-11-30(12-6-27)49-26-44-19-17-35(40)48-24-23-47-34(39)4-2/h3-4,27-32H,1-2,5-26H2. The molecular weight excluding hydrogens is 668 g/mol. The number of carbonyl (C=O) groups excluding carboxylic acids is 5. The van der Waals surface area contributed by atoms with Gasteiger partial charge in [-0.2, -0.15) is 0 Å². The Labute approximate surface area is 300 Å². The quantitative estimate of drug-likeness (QED) is 0.0474. The van der Waals surface area contributed by atoms with Gasteiger partial charge < -0.3 is 42.6 Å². The molecule has 0 heterocycles. The molecule has 14 heteroatoms. The predicted octanol–water partition coefficient (Wildman–Crippen LogP) is 4.51. The zero-order valence-electron chi connectivity index (χ0n) is 29.8. The van der Waals surface area contributed by atoms with Gasteiger partial charge in [0.25, 0.3) is 0 Å². The van der Waals surface area contributed by atoms with Gasteiger partial charge in [0.05, 0.1) is 44.7 Å².